The van der Waals surface area contributed by atoms with Crippen LogP contribution in [0.2, 0.25) is 0 Å². The standard InChI is InChI=1S/C13H13BrOS/c1-13(2,3)8-4-5-10-9(6-8)12(14)11(7-15)16-10/h4-7H,1-3H3. The summed E-state index contributed by atoms with van der Waals surface area (Å²) in [5.74, 6) is 0. The molecule has 0 bridgehead atoms. The van der Waals surface area contributed by atoms with Gasteiger partial charge in [0.1, 0.15) is 0 Å². The van der Waals surface area contributed by atoms with E-state index in [1.165, 1.54) is 16.9 Å². The number of carbonyl (C=O) groups excluding carboxylic acids is 1. The van der Waals surface area contributed by atoms with Crippen molar-refractivity contribution in [2.75, 3.05) is 0 Å². The molecule has 1 aromatic heterocycles. The fourth-order valence-electron chi connectivity index (χ4n) is 1.63. The molecule has 1 aromatic carbocycles. The Labute approximate surface area is 108 Å². The molecule has 3 heteroatoms. The average Bonchev–Trinajstić information content (AvgIpc) is 2.54. The van der Waals surface area contributed by atoms with Crippen molar-refractivity contribution in [2.45, 2.75) is 26.2 Å². The Bertz CT molecular complexity index is 549. The zero-order chi connectivity index (χ0) is 11.9. The molecular weight excluding hydrogens is 284 g/mol. The zero-order valence-corrected chi connectivity index (χ0v) is 11.9. The molecule has 0 saturated heterocycles. The van der Waals surface area contributed by atoms with E-state index >= 15 is 0 Å². The number of fused-ring (bicyclic) bond motifs is 1. The molecular formula is C13H13BrOS. The molecule has 84 valence electrons. The van der Waals surface area contributed by atoms with Gasteiger partial charge in [0, 0.05) is 14.6 Å². The van der Waals surface area contributed by atoms with E-state index in [1.807, 2.05) is 0 Å². The Morgan fingerprint density at radius 3 is 2.56 bits per heavy atom. The molecule has 0 unspecified atom stereocenters. The molecule has 1 heterocycles. The van der Waals surface area contributed by atoms with Crippen molar-refractivity contribution in [3.8, 4) is 0 Å². The van der Waals surface area contributed by atoms with Crippen LogP contribution < -0.4 is 0 Å². The molecule has 0 amide bonds. The highest BCUT2D eigenvalue weighted by Gasteiger charge is 2.16. The van der Waals surface area contributed by atoms with Gasteiger partial charge in [-0.05, 0) is 39.0 Å². The van der Waals surface area contributed by atoms with Crippen molar-refractivity contribution in [3.63, 3.8) is 0 Å². The summed E-state index contributed by atoms with van der Waals surface area (Å²) < 4.78 is 2.08. The first-order chi connectivity index (χ1) is 7.43. The second-order valence-corrected chi connectivity index (χ2v) is 6.74. The van der Waals surface area contributed by atoms with E-state index in [2.05, 4.69) is 54.9 Å². The summed E-state index contributed by atoms with van der Waals surface area (Å²) in [4.78, 5) is 11.6. The number of rotatable bonds is 1. The molecule has 0 aliphatic carbocycles. The maximum absolute atomic E-state index is 10.9. The molecule has 0 aliphatic rings. The van der Waals surface area contributed by atoms with Crippen LogP contribution in [0.3, 0.4) is 0 Å². The Morgan fingerprint density at radius 1 is 1.31 bits per heavy atom. The number of hydrogen-bond donors (Lipinski definition) is 0. The molecule has 0 spiro atoms. The van der Waals surface area contributed by atoms with Gasteiger partial charge in [0.2, 0.25) is 0 Å². The molecule has 0 N–H and O–H groups in total. The minimum absolute atomic E-state index is 0.136. The van der Waals surface area contributed by atoms with Crippen molar-refractivity contribution in [3.05, 3.63) is 33.1 Å². The maximum atomic E-state index is 10.9. The van der Waals surface area contributed by atoms with E-state index in [4.69, 9.17) is 0 Å². The zero-order valence-electron chi connectivity index (χ0n) is 9.50. The largest absolute Gasteiger partial charge is 0.297 e. The Kier molecular flexibility index (Phi) is 2.93. The summed E-state index contributed by atoms with van der Waals surface area (Å²) in [5.41, 5.74) is 1.42. The summed E-state index contributed by atoms with van der Waals surface area (Å²) in [6.45, 7) is 6.57. The lowest BCUT2D eigenvalue weighted by Gasteiger charge is -2.18. The topological polar surface area (TPSA) is 17.1 Å². The van der Waals surface area contributed by atoms with Crippen LogP contribution in [0.4, 0.5) is 0 Å². The Morgan fingerprint density at radius 2 is 2.00 bits per heavy atom. The average molecular weight is 297 g/mol. The van der Waals surface area contributed by atoms with E-state index < -0.39 is 0 Å². The first kappa shape index (κ1) is 11.8. The summed E-state index contributed by atoms with van der Waals surface area (Å²) in [6.07, 6.45) is 0.908. The lowest BCUT2D eigenvalue weighted by atomic mass is 9.87. The highest BCUT2D eigenvalue weighted by atomic mass is 79.9. The van der Waals surface area contributed by atoms with Gasteiger partial charge in [-0.25, -0.2) is 0 Å². The highest BCUT2D eigenvalue weighted by molar-refractivity contribution is 9.10. The van der Waals surface area contributed by atoms with Gasteiger partial charge in [-0.2, -0.15) is 0 Å². The van der Waals surface area contributed by atoms with Crippen LogP contribution in [0.25, 0.3) is 10.1 Å². The maximum Gasteiger partial charge on any atom is 0.161 e. The van der Waals surface area contributed by atoms with E-state index in [0.29, 0.717) is 0 Å². The SMILES string of the molecule is CC(C)(C)c1ccc2sc(C=O)c(Br)c2c1. The molecule has 1 nitrogen and oxygen atoms in total. The van der Waals surface area contributed by atoms with Crippen LogP contribution in [0, 0.1) is 0 Å². The lowest BCUT2D eigenvalue weighted by Crippen LogP contribution is -2.10. The van der Waals surface area contributed by atoms with Crippen LogP contribution in [-0.4, -0.2) is 6.29 Å². The molecule has 0 atom stereocenters. The Balaban J connectivity index is 2.70. The molecule has 2 rings (SSSR count). The predicted molar refractivity (Wildman–Crippen MR) is 73.6 cm³/mol. The fourth-order valence-corrected chi connectivity index (χ4v) is 3.32. The minimum atomic E-state index is 0.136. The first-order valence-corrected chi connectivity index (χ1v) is 6.72. The monoisotopic (exact) mass is 296 g/mol. The number of benzene rings is 1. The van der Waals surface area contributed by atoms with Gasteiger partial charge in [0.05, 0.1) is 4.88 Å². The third kappa shape index (κ3) is 1.94. The van der Waals surface area contributed by atoms with Crippen molar-refractivity contribution in [1.82, 2.24) is 0 Å². The molecule has 2 aromatic rings. The molecule has 0 fully saturated rings. The first-order valence-electron chi connectivity index (χ1n) is 5.11. The Hall–Kier alpha value is -0.670. The molecule has 16 heavy (non-hydrogen) atoms. The highest BCUT2D eigenvalue weighted by Crippen LogP contribution is 2.37. The van der Waals surface area contributed by atoms with Crippen molar-refractivity contribution in [1.29, 1.82) is 0 Å². The normalized spacial score (nSPS) is 12.0. The van der Waals surface area contributed by atoms with E-state index in [1.54, 1.807) is 0 Å². The predicted octanol–water partition coefficient (Wildman–Crippen LogP) is 4.77. The van der Waals surface area contributed by atoms with Crippen LogP contribution in [0.5, 0.6) is 0 Å². The van der Waals surface area contributed by atoms with Crippen LogP contribution in [0.15, 0.2) is 22.7 Å². The van der Waals surface area contributed by atoms with Gasteiger partial charge in [0.15, 0.2) is 6.29 Å². The molecule has 0 radical (unpaired) electrons. The van der Waals surface area contributed by atoms with Crippen molar-refractivity contribution < 1.29 is 4.79 Å². The second kappa shape index (κ2) is 3.97. The van der Waals surface area contributed by atoms with Crippen LogP contribution in [0.1, 0.15) is 36.0 Å². The van der Waals surface area contributed by atoms with Gasteiger partial charge >= 0.3 is 0 Å². The number of halogens is 1. The van der Waals surface area contributed by atoms with Gasteiger partial charge in [-0.15, -0.1) is 11.3 Å². The summed E-state index contributed by atoms with van der Waals surface area (Å²) in [6, 6.07) is 6.40. The number of thiophene rings is 1. The van der Waals surface area contributed by atoms with Gasteiger partial charge in [-0.3, -0.25) is 4.79 Å². The van der Waals surface area contributed by atoms with Crippen molar-refractivity contribution in [2.24, 2.45) is 0 Å². The van der Waals surface area contributed by atoms with Gasteiger partial charge in [-0.1, -0.05) is 26.8 Å². The lowest BCUT2D eigenvalue weighted by molar-refractivity contribution is 0.112. The third-order valence-corrected chi connectivity index (χ3v) is 4.84. The van der Waals surface area contributed by atoms with Gasteiger partial charge in [0.25, 0.3) is 0 Å². The quantitative estimate of drug-likeness (QED) is 0.693. The van der Waals surface area contributed by atoms with Crippen LogP contribution in [-0.2, 0) is 5.41 Å². The summed E-state index contributed by atoms with van der Waals surface area (Å²) in [7, 11) is 0. The van der Waals surface area contributed by atoms with Crippen LogP contribution >= 0.6 is 27.3 Å². The second-order valence-electron chi connectivity index (χ2n) is 4.86. The molecule has 0 saturated carbocycles. The summed E-state index contributed by atoms with van der Waals surface area (Å²) in [5, 5.41) is 1.14. The van der Waals surface area contributed by atoms with E-state index in [9.17, 15) is 4.79 Å². The number of carbonyl (C=O) groups is 1. The smallest absolute Gasteiger partial charge is 0.161 e. The van der Waals surface area contributed by atoms with E-state index in [-0.39, 0.29) is 5.41 Å². The minimum Gasteiger partial charge on any atom is -0.297 e. The summed E-state index contributed by atoms with van der Waals surface area (Å²) >= 11 is 5.02. The molecule has 0 aliphatic heterocycles. The fraction of sp³-hybridized carbons (Fsp3) is 0.308. The number of aldehydes is 1. The van der Waals surface area contributed by atoms with Gasteiger partial charge < -0.3 is 0 Å². The number of hydrogen-bond acceptors (Lipinski definition) is 2. The van der Waals surface area contributed by atoms with Crippen molar-refractivity contribution >= 4 is 43.6 Å². The van der Waals surface area contributed by atoms with E-state index in [0.717, 1.165) is 25.7 Å². The third-order valence-electron chi connectivity index (χ3n) is 2.63.